The second-order valence-corrected chi connectivity index (χ2v) is 4.22. The van der Waals surface area contributed by atoms with E-state index in [1.807, 2.05) is 0 Å². The summed E-state index contributed by atoms with van der Waals surface area (Å²) in [6.45, 7) is 1.63. The van der Waals surface area contributed by atoms with Gasteiger partial charge in [-0.1, -0.05) is 0 Å². The molecule has 0 aliphatic heterocycles. The fourth-order valence-electron chi connectivity index (χ4n) is 0.936. The summed E-state index contributed by atoms with van der Waals surface area (Å²) in [5.41, 5.74) is 0. The third-order valence-corrected chi connectivity index (χ3v) is 2.52. The summed E-state index contributed by atoms with van der Waals surface area (Å²) in [5.74, 6) is 0.691. The molecule has 0 unspecified atom stereocenters. The first kappa shape index (κ1) is 13.6. The van der Waals surface area contributed by atoms with E-state index in [1.165, 1.54) is 12.1 Å². The van der Waals surface area contributed by atoms with E-state index < -0.39 is 28.3 Å². The molecule has 7 heteroatoms. The van der Waals surface area contributed by atoms with Gasteiger partial charge in [0.25, 0.3) is 0 Å². The van der Waals surface area contributed by atoms with Gasteiger partial charge in [0.05, 0.1) is 4.91 Å². The van der Waals surface area contributed by atoms with Crippen LogP contribution in [0.3, 0.4) is 0 Å². The van der Waals surface area contributed by atoms with Gasteiger partial charge in [-0.25, -0.2) is 8.78 Å². The fourth-order valence-corrected chi connectivity index (χ4v) is 1.54. The van der Waals surface area contributed by atoms with E-state index in [0.717, 1.165) is 6.08 Å². The molecular weight excluding hydrogens is 258 g/mol. The van der Waals surface area contributed by atoms with Crippen molar-refractivity contribution in [1.29, 1.82) is 5.26 Å². The Balaban J connectivity index is 2.87. The number of rotatable bonds is 4. The Hall–Kier alpha value is -1.42. The zero-order valence-electron chi connectivity index (χ0n) is 8.58. The summed E-state index contributed by atoms with van der Waals surface area (Å²) in [7, 11) is 0. The van der Waals surface area contributed by atoms with E-state index in [0.29, 0.717) is 5.76 Å². The summed E-state index contributed by atoms with van der Waals surface area (Å²) in [5, 5.41) is 4.29. The minimum Gasteiger partial charge on any atom is -0.462 e. The highest BCUT2D eigenvalue weighted by atomic mass is 32.2. The third-order valence-electron chi connectivity index (χ3n) is 1.64. The highest BCUT2D eigenvalue weighted by molar-refractivity contribution is 8.04. The third kappa shape index (κ3) is 3.82. The van der Waals surface area contributed by atoms with E-state index in [9.17, 15) is 17.6 Å². The molecule has 92 valence electrons. The number of thioether (sulfide) groups is 1. The molecule has 0 radical (unpaired) electrons. The SMILES string of the molecule is Cc1ccc(/C=C(/C#N)SC(F)(F)C(F)F)o1. The first-order valence-corrected chi connectivity index (χ1v) is 5.20. The van der Waals surface area contributed by atoms with Crippen LogP contribution < -0.4 is 0 Å². The molecule has 0 fully saturated rings. The highest BCUT2D eigenvalue weighted by Crippen LogP contribution is 2.40. The number of halogens is 4. The van der Waals surface area contributed by atoms with Crippen LogP contribution in [0.2, 0.25) is 0 Å². The summed E-state index contributed by atoms with van der Waals surface area (Å²) in [6, 6.07) is 4.44. The van der Waals surface area contributed by atoms with E-state index in [4.69, 9.17) is 9.68 Å². The summed E-state index contributed by atoms with van der Waals surface area (Å²) in [4.78, 5) is -0.537. The van der Waals surface area contributed by atoms with Gasteiger partial charge in [-0.15, -0.1) is 0 Å². The Labute approximate surface area is 98.9 Å². The molecule has 0 saturated carbocycles. The Bertz CT molecular complexity index is 461. The van der Waals surface area contributed by atoms with Crippen molar-refractivity contribution in [3.63, 3.8) is 0 Å². The van der Waals surface area contributed by atoms with Gasteiger partial charge in [0, 0.05) is 6.08 Å². The lowest BCUT2D eigenvalue weighted by molar-refractivity contribution is -0.0558. The topological polar surface area (TPSA) is 36.9 Å². The van der Waals surface area contributed by atoms with Gasteiger partial charge in [0.1, 0.15) is 17.6 Å². The standard InChI is InChI=1S/C10H7F4NOS/c1-6-2-3-7(16-6)4-8(5-15)17-10(13,14)9(11)12/h2-4,9H,1H3/b8-4-. The highest BCUT2D eigenvalue weighted by Gasteiger charge is 2.42. The average molecular weight is 265 g/mol. The molecule has 0 atom stereocenters. The Morgan fingerprint density at radius 2 is 2.18 bits per heavy atom. The Morgan fingerprint density at radius 1 is 1.53 bits per heavy atom. The van der Waals surface area contributed by atoms with Gasteiger partial charge in [0.2, 0.25) is 0 Å². The van der Waals surface area contributed by atoms with Gasteiger partial charge in [0.15, 0.2) is 0 Å². The van der Waals surface area contributed by atoms with Crippen molar-refractivity contribution in [2.75, 3.05) is 0 Å². The van der Waals surface area contributed by atoms with E-state index in [2.05, 4.69) is 0 Å². The molecule has 1 rings (SSSR count). The fraction of sp³-hybridized carbons (Fsp3) is 0.300. The average Bonchev–Trinajstić information content (AvgIpc) is 2.62. The molecule has 0 bridgehead atoms. The summed E-state index contributed by atoms with van der Waals surface area (Å²) >= 11 is -0.484. The van der Waals surface area contributed by atoms with Crippen molar-refractivity contribution in [2.24, 2.45) is 0 Å². The molecule has 0 aromatic carbocycles. The molecule has 0 N–H and O–H groups in total. The number of nitriles is 1. The quantitative estimate of drug-likeness (QED) is 0.609. The van der Waals surface area contributed by atoms with Crippen molar-refractivity contribution >= 4 is 17.8 Å². The molecule has 0 aliphatic rings. The first-order chi connectivity index (χ1) is 7.85. The largest absolute Gasteiger partial charge is 0.462 e. The maximum Gasteiger partial charge on any atom is 0.358 e. The second kappa shape index (κ2) is 5.27. The molecule has 1 aromatic rings. The first-order valence-electron chi connectivity index (χ1n) is 4.38. The van der Waals surface area contributed by atoms with E-state index >= 15 is 0 Å². The van der Waals surface area contributed by atoms with Gasteiger partial charge in [-0.2, -0.15) is 14.0 Å². The van der Waals surface area contributed by atoms with Gasteiger partial charge >= 0.3 is 11.7 Å². The normalized spacial score (nSPS) is 12.9. The maximum absolute atomic E-state index is 12.7. The maximum atomic E-state index is 12.7. The van der Waals surface area contributed by atoms with Crippen LogP contribution in [0.15, 0.2) is 21.5 Å². The number of hydrogen-bond donors (Lipinski definition) is 0. The van der Waals surface area contributed by atoms with Crippen LogP contribution in [0.5, 0.6) is 0 Å². The lowest BCUT2D eigenvalue weighted by Gasteiger charge is -2.12. The van der Waals surface area contributed by atoms with Gasteiger partial charge in [-0.05, 0) is 30.8 Å². The molecular formula is C10H7F4NOS. The van der Waals surface area contributed by atoms with Crippen molar-refractivity contribution in [3.05, 3.63) is 28.6 Å². The monoisotopic (exact) mass is 265 g/mol. The van der Waals surface area contributed by atoms with Crippen LogP contribution in [0.25, 0.3) is 6.08 Å². The van der Waals surface area contributed by atoms with Gasteiger partial charge < -0.3 is 4.42 Å². The summed E-state index contributed by atoms with van der Waals surface area (Å²) in [6.07, 6.45) is -2.84. The molecule has 0 saturated heterocycles. The lowest BCUT2D eigenvalue weighted by atomic mass is 10.4. The molecule has 0 aliphatic carbocycles. The zero-order valence-corrected chi connectivity index (χ0v) is 9.40. The van der Waals surface area contributed by atoms with Crippen LogP contribution in [0.4, 0.5) is 17.6 Å². The van der Waals surface area contributed by atoms with Crippen LogP contribution in [0, 0.1) is 18.3 Å². The minimum absolute atomic E-state index is 0.164. The van der Waals surface area contributed by atoms with Crippen molar-refractivity contribution in [2.45, 2.75) is 18.6 Å². The van der Waals surface area contributed by atoms with Crippen molar-refractivity contribution in [3.8, 4) is 6.07 Å². The van der Waals surface area contributed by atoms with E-state index in [-0.39, 0.29) is 5.76 Å². The van der Waals surface area contributed by atoms with E-state index in [1.54, 1.807) is 13.0 Å². The van der Waals surface area contributed by atoms with Gasteiger partial charge in [-0.3, -0.25) is 0 Å². The van der Waals surface area contributed by atoms with Crippen molar-refractivity contribution in [1.82, 2.24) is 0 Å². The smallest absolute Gasteiger partial charge is 0.358 e. The molecule has 1 aromatic heterocycles. The molecule has 17 heavy (non-hydrogen) atoms. The minimum atomic E-state index is -4.29. The summed E-state index contributed by atoms with van der Waals surface area (Å²) < 4.78 is 54.2. The zero-order chi connectivity index (χ0) is 13.1. The molecule has 1 heterocycles. The number of alkyl halides is 4. The van der Waals surface area contributed by atoms with Crippen LogP contribution in [-0.4, -0.2) is 11.7 Å². The number of nitrogens with zero attached hydrogens (tertiary/aromatic N) is 1. The van der Waals surface area contributed by atoms with Crippen LogP contribution in [-0.2, 0) is 0 Å². The lowest BCUT2D eigenvalue weighted by Crippen LogP contribution is -2.21. The molecule has 0 spiro atoms. The van der Waals surface area contributed by atoms with Crippen molar-refractivity contribution < 1.29 is 22.0 Å². The van der Waals surface area contributed by atoms with Crippen LogP contribution >= 0.6 is 11.8 Å². The Kier molecular flexibility index (Phi) is 4.23. The number of aryl methyl sites for hydroxylation is 1. The second-order valence-electron chi connectivity index (χ2n) is 3.03. The molecule has 2 nitrogen and oxygen atoms in total. The van der Waals surface area contributed by atoms with Crippen LogP contribution in [0.1, 0.15) is 11.5 Å². The predicted molar refractivity (Wildman–Crippen MR) is 55.6 cm³/mol. The number of furan rings is 1. The number of allylic oxidation sites excluding steroid dienone is 1. The molecule has 0 amide bonds. The predicted octanol–water partition coefficient (Wildman–Crippen LogP) is 4.04. The number of hydrogen-bond acceptors (Lipinski definition) is 3. The Morgan fingerprint density at radius 3 is 2.59 bits per heavy atom.